The van der Waals surface area contributed by atoms with E-state index in [1.54, 1.807) is 0 Å². The summed E-state index contributed by atoms with van der Waals surface area (Å²) in [5.41, 5.74) is 5.56. The molecule has 3 nitrogen and oxygen atoms in total. The molecule has 0 fully saturated rings. The van der Waals surface area contributed by atoms with Gasteiger partial charge in [0.1, 0.15) is 0 Å². The van der Waals surface area contributed by atoms with Crippen molar-refractivity contribution in [3.8, 4) is 0 Å². The number of rotatable bonds is 8. The molecule has 0 aromatic carbocycles. The summed E-state index contributed by atoms with van der Waals surface area (Å²) in [6.45, 7) is 1.81. The molecule has 0 spiro atoms. The van der Waals surface area contributed by atoms with Crippen LogP contribution in [0.4, 0.5) is 0 Å². The zero-order chi connectivity index (χ0) is 9.23. The van der Waals surface area contributed by atoms with Crippen LogP contribution in [0.2, 0.25) is 0 Å². The zero-order valence-electron chi connectivity index (χ0n) is 7.75. The summed E-state index contributed by atoms with van der Waals surface area (Å²) in [7, 11) is 0. The molecule has 12 heavy (non-hydrogen) atoms. The van der Waals surface area contributed by atoms with Gasteiger partial charge in [-0.3, -0.25) is 0 Å². The van der Waals surface area contributed by atoms with Crippen molar-refractivity contribution in [2.24, 2.45) is 5.73 Å². The fraction of sp³-hybridized carbons (Fsp3) is 1.00. The topological polar surface area (TPSA) is 58.3 Å². The Morgan fingerprint density at radius 2 is 2.33 bits per heavy atom. The van der Waals surface area contributed by atoms with Crippen LogP contribution in [0.1, 0.15) is 12.8 Å². The van der Waals surface area contributed by atoms with Gasteiger partial charge in [0.15, 0.2) is 0 Å². The highest BCUT2D eigenvalue weighted by Gasteiger charge is 2.03. The first kappa shape index (κ1) is 12.2. The Morgan fingerprint density at radius 3 is 2.83 bits per heavy atom. The van der Waals surface area contributed by atoms with Crippen molar-refractivity contribution >= 4 is 11.8 Å². The predicted octanol–water partition coefficient (Wildman–Crippen LogP) is 0.0388. The van der Waals surface area contributed by atoms with Gasteiger partial charge >= 0.3 is 0 Å². The summed E-state index contributed by atoms with van der Waals surface area (Å²) in [5, 5.41) is 11.9. The van der Waals surface area contributed by atoms with E-state index in [9.17, 15) is 0 Å². The lowest BCUT2D eigenvalue weighted by atomic mass is 10.2. The lowest BCUT2D eigenvalue weighted by Gasteiger charge is -2.15. The molecule has 0 radical (unpaired) electrons. The van der Waals surface area contributed by atoms with E-state index in [0.29, 0.717) is 12.6 Å². The van der Waals surface area contributed by atoms with Crippen LogP contribution in [0.25, 0.3) is 0 Å². The molecular formula is C8H20N2OS. The normalized spacial score (nSPS) is 13.2. The molecule has 0 amide bonds. The molecule has 0 aliphatic carbocycles. The summed E-state index contributed by atoms with van der Waals surface area (Å²) >= 11 is 1.84. The molecule has 0 saturated carbocycles. The third-order valence-corrected chi connectivity index (χ3v) is 2.37. The first-order valence-electron chi connectivity index (χ1n) is 4.38. The SMILES string of the molecule is CSCCC(CN)NCCCO. The Kier molecular flexibility index (Phi) is 9.50. The predicted molar refractivity (Wildman–Crippen MR) is 55.5 cm³/mol. The van der Waals surface area contributed by atoms with Crippen LogP contribution in [0.3, 0.4) is 0 Å². The minimum absolute atomic E-state index is 0.257. The van der Waals surface area contributed by atoms with Crippen LogP contribution in [0, 0.1) is 0 Å². The molecule has 0 rings (SSSR count). The second-order valence-corrected chi connectivity index (χ2v) is 3.73. The number of thioether (sulfide) groups is 1. The van der Waals surface area contributed by atoms with Gasteiger partial charge in [-0.25, -0.2) is 0 Å². The van der Waals surface area contributed by atoms with Crippen molar-refractivity contribution in [2.75, 3.05) is 31.7 Å². The van der Waals surface area contributed by atoms with Crippen LogP contribution in [-0.2, 0) is 0 Å². The lowest BCUT2D eigenvalue weighted by molar-refractivity contribution is 0.283. The zero-order valence-corrected chi connectivity index (χ0v) is 8.57. The van der Waals surface area contributed by atoms with Crippen molar-refractivity contribution in [1.82, 2.24) is 5.32 Å². The molecule has 1 atom stereocenters. The lowest BCUT2D eigenvalue weighted by Crippen LogP contribution is -2.37. The van der Waals surface area contributed by atoms with Gasteiger partial charge in [0.2, 0.25) is 0 Å². The highest BCUT2D eigenvalue weighted by molar-refractivity contribution is 7.98. The average molecular weight is 192 g/mol. The van der Waals surface area contributed by atoms with Crippen LogP contribution < -0.4 is 11.1 Å². The monoisotopic (exact) mass is 192 g/mol. The molecule has 0 aliphatic rings. The van der Waals surface area contributed by atoms with E-state index in [-0.39, 0.29) is 6.61 Å². The number of nitrogens with one attached hydrogen (secondary N) is 1. The molecular weight excluding hydrogens is 172 g/mol. The first-order chi connectivity index (χ1) is 5.85. The molecule has 4 N–H and O–H groups in total. The fourth-order valence-electron chi connectivity index (χ4n) is 0.949. The molecule has 0 aromatic rings. The summed E-state index contributed by atoms with van der Waals surface area (Å²) in [5.74, 6) is 1.15. The van der Waals surface area contributed by atoms with E-state index in [2.05, 4.69) is 11.6 Å². The Bertz CT molecular complexity index is 93.1. The van der Waals surface area contributed by atoms with E-state index in [0.717, 1.165) is 25.1 Å². The van der Waals surface area contributed by atoms with Gasteiger partial charge < -0.3 is 16.2 Å². The average Bonchev–Trinajstić information content (AvgIpc) is 2.11. The maximum Gasteiger partial charge on any atom is 0.0443 e. The van der Waals surface area contributed by atoms with Crippen molar-refractivity contribution in [3.63, 3.8) is 0 Å². The molecule has 74 valence electrons. The fourth-order valence-corrected chi connectivity index (χ4v) is 1.47. The van der Waals surface area contributed by atoms with Gasteiger partial charge in [0, 0.05) is 19.2 Å². The number of hydrogen-bond donors (Lipinski definition) is 3. The third kappa shape index (κ3) is 6.91. The van der Waals surface area contributed by atoms with Gasteiger partial charge in [0.25, 0.3) is 0 Å². The van der Waals surface area contributed by atoms with Crippen LogP contribution in [0.15, 0.2) is 0 Å². The minimum Gasteiger partial charge on any atom is -0.396 e. The number of aliphatic hydroxyl groups excluding tert-OH is 1. The molecule has 1 unspecified atom stereocenters. The van der Waals surface area contributed by atoms with Gasteiger partial charge in [-0.2, -0.15) is 11.8 Å². The van der Waals surface area contributed by atoms with E-state index in [1.165, 1.54) is 0 Å². The summed E-state index contributed by atoms with van der Waals surface area (Å²) in [4.78, 5) is 0. The van der Waals surface area contributed by atoms with Crippen LogP contribution in [-0.4, -0.2) is 42.9 Å². The smallest absolute Gasteiger partial charge is 0.0443 e. The van der Waals surface area contributed by atoms with Gasteiger partial charge in [-0.15, -0.1) is 0 Å². The second kappa shape index (κ2) is 9.32. The standard InChI is InChI=1S/C8H20N2OS/c1-12-6-3-8(7-9)10-4-2-5-11/h8,10-11H,2-7,9H2,1H3. The largest absolute Gasteiger partial charge is 0.396 e. The number of hydrogen-bond acceptors (Lipinski definition) is 4. The Hall–Kier alpha value is 0.230. The maximum atomic E-state index is 8.55. The molecule has 0 aromatic heterocycles. The summed E-state index contributed by atoms with van der Waals surface area (Å²) < 4.78 is 0. The minimum atomic E-state index is 0.257. The maximum absolute atomic E-state index is 8.55. The molecule has 0 saturated heterocycles. The summed E-state index contributed by atoms with van der Waals surface area (Å²) in [6, 6.07) is 0.420. The summed E-state index contributed by atoms with van der Waals surface area (Å²) in [6.07, 6.45) is 4.03. The quantitative estimate of drug-likeness (QED) is 0.475. The second-order valence-electron chi connectivity index (χ2n) is 2.75. The molecule has 0 bridgehead atoms. The third-order valence-electron chi connectivity index (χ3n) is 1.72. The van der Waals surface area contributed by atoms with Crippen LogP contribution >= 0.6 is 11.8 Å². The highest BCUT2D eigenvalue weighted by atomic mass is 32.2. The van der Waals surface area contributed by atoms with Crippen LogP contribution in [0.5, 0.6) is 0 Å². The van der Waals surface area contributed by atoms with Crippen molar-refractivity contribution < 1.29 is 5.11 Å². The number of aliphatic hydroxyl groups is 1. The van der Waals surface area contributed by atoms with Crippen molar-refractivity contribution in [2.45, 2.75) is 18.9 Å². The Balaban J connectivity index is 3.26. The molecule has 4 heteroatoms. The van der Waals surface area contributed by atoms with E-state index >= 15 is 0 Å². The molecule has 0 heterocycles. The van der Waals surface area contributed by atoms with Gasteiger partial charge in [0.05, 0.1) is 0 Å². The number of nitrogens with two attached hydrogens (primary N) is 1. The molecule has 0 aliphatic heterocycles. The van der Waals surface area contributed by atoms with Gasteiger partial charge in [-0.1, -0.05) is 0 Å². The van der Waals surface area contributed by atoms with E-state index in [1.807, 2.05) is 11.8 Å². The van der Waals surface area contributed by atoms with E-state index in [4.69, 9.17) is 10.8 Å². The van der Waals surface area contributed by atoms with E-state index < -0.39 is 0 Å². The highest BCUT2D eigenvalue weighted by Crippen LogP contribution is 1.99. The Labute approximate surface area is 79.1 Å². The van der Waals surface area contributed by atoms with Crippen molar-refractivity contribution in [1.29, 1.82) is 0 Å². The first-order valence-corrected chi connectivity index (χ1v) is 5.77. The van der Waals surface area contributed by atoms with Crippen molar-refractivity contribution in [3.05, 3.63) is 0 Å². The van der Waals surface area contributed by atoms with Gasteiger partial charge in [-0.05, 0) is 31.4 Å². The Morgan fingerprint density at radius 1 is 1.58 bits per heavy atom.